The van der Waals surface area contributed by atoms with Crippen molar-refractivity contribution in [2.24, 2.45) is 0 Å². The number of aryl methyl sites for hydroxylation is 2. The molecule has 136 valence electrons. The quantitative estimate of drug-likeness (QED) is 0.692. The van der Waals surface area contributed by atoms with Crippen LogP contribution in [0.25, 0.3) is 10.9 Å². The minimum Gasteiger partial charge on any atom is -0.493 e. The van der Waals surface area contributed by atoms with Crippen LogP contribution < -0.4 is 14.8 Å². The normalized spacial score (nSPS) is 10.7. The molecule has 5 heteroatoms. The lowest BCUT2D eigenvalue weighted by Gasteiger charge is -2.12. The van der Waals surface area contributed by atoms with Gasteiger partial charge in [-0.25, -0.2) is 0 Å². The molecule has 0 bridgehead atoms. The topological polar surface area (TPSA) is 52.5 Å². The van der Waals surface area contributed by atoms with E-state index >= 15 is 0 Å². The molecule has 0 saturated carbocycles. The van der Waals surface area contributed by atoms with Gasteiger partial charge >= 0.3 is 0 Å². The summed E-state index contributed by atoms with van der Waals surface area (Å²) in [5, 5.41) is 4.10. The van der Waals surface area contributed by atoms with Gasteiger partial charge in [0.2, 0.25) is 5.91 Å². The summed E-state index contributed by atoms with van der Waals surface area (Å²) >= 11 is 0. The molecule has 0 radical (unpaired) electrons. The largest absolute Gasteiger partial charge is 0.493 e. The fourth-order valence-electron chi connectivity index (χ4n) is 3.18. The van der Waals surface area contributed by atoms with Gasteiger partial charge in [-0.05, 0) is 49.2 Å². The fourth-order valence-corrected chi connectivity index (χ4v) is 3.18. The molecule has 26 heavy (non-hydrogen) atoms. The Morgan fingerprint density at radius 3 is 2.69 bits per heavy atom. The molecule has 0 aliphatic heterocycles. The van der Waals surface area contributed by atoms with E-state index in [1.807, 2.05) is 36.4 Å². The monoisotopic (exact) mass is 352 g/mol. The van der Waals surface area contributed by atoms with Gasteiger partial charge in [-0.1, -0.05) is 12.1 Å². The molecule has 0 unspecified atom stereocenters. The molecule has 3 aromatic rings. The predicted molar refractivity (Wildman–Crippen MR) is 104 cm³/mol. The summed E-state index contributed by atoms with van der Waals surface area (Å²) in [6.45, 7) is 3.04. The first kappa shape index (κ1) is 17.9. The summed E-state index contributed by atoms with van der Waals surface area (Å²) < 4.78 is 12.9. The summed E-state index contributed by atoms with van der Waals surface area (Å²) in [7, 11) is 3.22. The minimum absolute atomic E-state index is 0.0239. The minimum atomic E-state index is -0.0239. The van der Waals surface area contributed by atoms with Crippen molar-refractivity contribution in [3.05, 3.63) is 54.2 Å². The Hall–Kier alpha value is -2.95. The molecule has 2 aromatic carbocycles. The van der Waals surface area contributed by atoms with E-state index in [0.717, 1.165) is 23.2 Å². The Labute approximate surface area is 153 Å². The van der Waals surface area contributed by atoms with E-state index in [4.69, 9.17) is 9.47 Å². The van der Waals surface area contributed by atoms with Gasteiger partial charge in [0, 0.05) is 35.8 Å². The van der Waals surface area contributed by atoms with Crippen molar-refractivity contribution in [3.63, 3.8) is 0 Å². The second kappa shape index (κ2) is 7.95. The molecule has 3 rings (SSSR count). The molecule has 0 aliphatic carbocycles. The van der Waals surface area contributed by atoms with Crippen molar-refractivity contribution < 1.29 is 14.3 Å². The van der Waals surface area contributed by atoms with Gasteiger partial charge < -0.3 is 19.4 Å². The number of hydrogen-bond donors (Lipinski definition) is 1. The molecule has 1 heterocycles. The summed E-state index contributed by atoms with van der Waals surface area (Å²) in [6, 6.07) is 13.8. The van der Waals surface area contributed by atoms with E-state index in [2.05, 4.69) is 29.1 Å². The average molecular weight is 352 g/mol. The predicted octanol–water partition coefficient (Wildman–Crippen LogP) is 4.25. The number of benzene rings is 2. The lowest BCUT2D eigenvalue weighted by Crippen LogP contribution is -2.12. The van der Waals surface area contributed by atoms with Crippen LogP contribution in [0.5, 0.6) is 11.5 Å². The number of para-hydroxylation sites is 1. The standard InChI is InChI=1S/C21H24N2O3/c1-4-23-13-12-16-14-17(9-10-18(16)23)22-20(24)11-8-15-6-5-7-19(25-2)21(15)26-3/h5-7,9-10,12-14H,4,8,11H2,1-3H3,(H,22,24). The molecule has 0 saturated heterocycles. The molecule has 1 aromatic heterocycles. The number of rotatable bonds is 7. The third-order valence-electron chi connectivity index (χ3n) is 4.50. The molecule has 5 nitrogen and oxygen atoms in total. The number of ether oxygens (including phenoxy) is 2. The van der Waals surface area contributed by atoms with Crippen molar-refractivity contribution in [1.29, 1.82) is 0 Å². The van der Waals surface area contributed by atoms with Gasteiger partial charge in [-0.2, -0.15) is 0 Å². The van der Waals surface area contributed by atoms with Crippen molar-refractivity contribution in [3.8, 4) is 11.5 Å². The number of methoxy groups -OCH3 is 2. The molecule has 0 aliphatic rings. The SMILES string of the molecule is CCn1ccc2cc(NC(=O)CCc3cccc(OC)c3OC)ccc21. The Morgan fingerprint density at radius 1 is 1.12 bits per heavy atom. The van der Waals surface area contributed by atoms with Crippen molar-refractivity contribution in [1.82, 2.24) is 4.57 Å². The van der Waals surface area contributed by atoms with Crippen LogP contribution in [-0.2, 0) is 17.8 Å². The Bertz CT molecular complexity index is 915. The lowest BCUT2D eigenvalue weighted by molar-refractivity contribution is -0.116. The zero-order chi connectivity index (χ0) is 18.5. The van der Waals surface area contributed by atoms with E-state index < -0.39 is 0 Å². The first-order chi connectivity index (χ1) is 12.7. The van der Waals surface area contributed by atoms with E-state index in [-0.39, 0.29) is 5.91 Å². The number of aromatic nitrogens is 1. The van der Waals surface area contributed by atoms with Crippen molar-refractivity contribution >= 4 is 22.5 Å². The number of nitrogens with one attached hydrogen (secondary N) is 1. The zero-order valence-electron chi connectivity index (χ0n) is 15.4. The smallest absolute Gasteiger partial charge is 0.224 e. The van der Waals surface area contributed by atoms with Crippen molar-refractivity contribution in [2.45, 2.75) is 26.3 Å². The van der Waals surface area contributed by atoms with Crippen molar-refractivity contribution in [2.75, 3.05) is 19.5 Å². The van der Waals surface area contributed by atoms with Crippen LogP contribution in [0.3, 0.4) is 0 Å². The van der Waals surface area contributed by atoms with Crippen LogP contribution in [0, 0.1) is 0 Å². The number of nitrogens with zero attached hydrogens (tertiary/aromatic N) is 1. The molecule has 0 atom stereocenters. The number of carbonyl (C=O) groups excluding carboxylic acids is 1. The van der Waals surface area contributed by atoms with Gasteiger partial charge in [-0.15, -0.1) is 0 Å². The molecule has 0 spiro atoms. The van der Waals surface area contributed by atoms with Crippen LogP contribution in [0.1, 0.15) is 18.9 Å². The maximum absolute atomic E-state index is 12.3. The van der Waals surface area contributed by atoms with Gasteiger partial charge in [0.05, 0.1) is 14.2 Å². The molecular weight excluding hydrogens is 328 g/mol. The summed E-state index contributed by atoms with van der Waals surface area (Å²) in [5.41, 5.74) is 2.94. The van der Waals surface area contributed by atoms with Gasteiger partial charge in [0.1, 0.15) is 0 Å². The third kappa shape index (κ3) is 3.67. The number of amides is 1. The van der Waals surface area contributed by atoms with Crippen LogP contribution in [0.4, 0.5) is 5.69 Å². The summed E-state index contributed by atoms with van der Waals surface area (Å²) in [4.78, 5) is 12.3. The zero-order valence-corrected chi connectivity index (χ0v) is 15.4. The Kier molecular flexibility index (Phi) is 5.46. The number of anilines is 1. The van der Waals surface area contributed by atoms with Gasteiger partial charge in [0.15, 0.2) is 11.5 Å². The first-order valence-electron chi connectivity index (χ1n) is 8.75. The Morgan fingerprint density at radius 2 is 1.96 bits per heavy atom. The average Bonchev–Trinajstić information content (AvgIpc) is 3.08. The maximum atomic E-state index is 12.3. The molecular formula is C21H24N2O3. The Balaban J connectivity index is 1.66. The number of fused-ring (bicyclic) bond motifs is 1. The maximum Gasteiger partial charge on any atom is 0.224 e. The summed E-state index contributed by atoms with van der Waals surface area (Å²) in [6.07, 6.45) is 3.02. The highest BCUT2D eigenvalue weighted by atomic mass is 16.5. The van der Waals surface area contributed by atoms with E-state index in [1.54, 1.807) is 14.2 Å². The molecule has 1 amide bonds. The van der Waals surface area contributed by atoms with Gasteiger partial charge in [-0.3, -0.25) is 4.79 Å². The highest BCUT2D eigenvalue weighted by Gasteiger charge is 2.11. The highest BCUT2D eigenvalue weighted by molar-refractivity contribution is 5.94. The van der Waals surface area contributed by atoms with Gasteiger partial charge in [0.25, 0.3) is 0 Å². The number of carbonyl (C=O) groups is 1. The fraction of sp³-hybridized carbons (Fsp3) is 0.286. The lowest BCUT2D eigenvalue weighted by atomic mass is 10.1. The van der Waals surface area contributed by atoms with Crippen LogP contribution in [0.2, 0.25) is 0 Å². The number of hydrogen-bond acceptors (Lipinski definition) is 3. The van der Waals surface area contributed by atoms with Crippen LogP contribution in [0.15, 0.2) is 48.7 Å². The molecule has 0 fully saturated rings. The van der Waals surface area contributed by atoms with Crippen LogP contribution >= 0.6 is 0 Å². The van der Waals surface area contributed by atoms with E-state index in [0.29, 0.717) is 24.3 Å². The first-order valence-corrected chi connectivity index (χ1v) is 8.75. The second-order valence-corrected chi connectivity index (χ2v) is 6.08. The molecule has 1 N–H and O–H groups in total. The third-order valence-corrected chi connectivity index (χ3v) is 4.50. The summed E-state index contributed by atoms with van der Waals surface area (Å²) in [5.74, 6) is 1.34. The second-order valence-electron chi connectivity index (χ2n) is 6.08. The van der Waals surface area contributed by atoms with E-state index in [9.17, 15) is 4.79 Å². The highest BCUT2D eigenvalue weighted by Crippen LogP contribution is 2.31. The van der Waals surface area contributed by atoms with E-state index in [1.165, 1.54) is 5.52 Å². The van der Waals surface area contributed by atoms with Crippen LogP contribution in [-0.4, -0.2) is 24.7 Å².